The molecule has 0 atom stereocenters. The smallest absolute Gasteiger partial charge is 0.232 e. The number of nitriles is 1. The zero-order valence-electron chi connectivity index (χ0n) is 17.6. The highest BCUT2D eigenvalue weighted by atomic mass is 16.1. The predicted molar refractivity (Wildman–Crippen MR) is 120 cm³/mol. The van der Waals surface area contributed by atoms with Crippen LogP contribution < -0.4 is 5.32 Å². The van der Waals surface area contributed by atoms with E-state index in [0.717, 1.165) is 59.3 Å². The average molecular weight is 412 g/mol. The normalized spacial score (nSPS) is 20.9. The summed E-state index contributed by atoms with van der Waals surface area (Å²) in [5.74, 6) is 1.26. The summed E-state index contributed by atoms with van der Waals surface area (Å²) < 4.78 is 0. The number of ketones is 1. The van der Waals surface area contributed by atoms with Gasteiger partial charge in [0.2, 0.25) is 5.82 Å². The highest BCUT2D eigenvalue weighted by molar-refractivity contribution is 6.10. The lowest BCUT2D eigenvalue weighted by molar-refractivity contribution is 0.0968. The minimum atomic E-state index is 0.140. The van der Waals surface area contributed by atoms with E-state index in [-0.39, 0.29) is 17.5 Å². The number of anilines is 1. The van der Waals surface area contributed by atoms with Crippen molar-refractivity contribution in [3.63, 3.8) is 0 Å². The molecule has 0 spiro atoms. The summed E-state index contributed by atoms with van der Waals surface area (Å²) in [4.78, 5) is 25.9. The van der Waals surface area contributed by atoms with Gasteiger partial charge in [0.25, 0.3) is 0 Å². The lowest BCUT2D eigenvalue weighted by Gasteiger charge is -2.29. The summed E-state index contributed by atoms with van der Waals surface area (Å²) in [7, 11) is 0. The van der Waals surface area contributed by atoms with E-state index in [9.17, 15) is 4.79 Å². The van der Waals surface area contributed by atoms with Gasteiger partial charge in [0.15, 0.2) is 5.78 Å². The number of fused-ring (bicyclic) bond motifs is 1. The van der Waals surface area contributed by atoms with E-state index >= 15 is 0 Å². The first-order chi connectivity index (χ1) is 15.1. The molecule has 5 rings (SSSR count). The molecule has 0 aliphatic heterocycles. The standard InChI is InChI=1S/C25H25N5O/c1-15-2-7-19(8-3-15)30-24-20-10-17(18-12-28-23(11-26)29-13-18)6-9-22(20)27-14-21(24)25(31)16-4-5-16/h6,9-10,12-16,19H,2-5,7-8H2,1H3,(H,27,30). The van der Waals surface area contributed by atoms with Gasteiger partial charge in [-0.15, -0.1) is 0 Å². The van der Waals surface area contributed by atoms with Crippen molar-refractivity contribution in [3.05, 3.63) is 48.2 Å². The summed E-state index contributed by atoms with van der Waals surface area (Å²) in [6.45, 7) is 2.31. The third kappa shape index (κ3) is 4.00. The van der Waals surface area contributed by atoms with Crippen LogP contribution in [0.2, 0.25) is 0 Å². The molecule has 0 radical (unpaired) electrons. The summed E-state index contributed by atoms with van der Waals surface area (Å²) in [5, 5.41) is 13.6. The summed E-state index contributed by atoms with van der Waals surface area (Å²) in [6, 6.07) is 8.33. The SMILES string of the molecule is CC1CCC(Nc2c(C(=O)C3CC3)cnc3ccc(-c4cnc(C#N)nc4)cc23)CC1. The number of hydrogen-bond donors (Lipinski definition) is 1. The monoisotopic (exact) mass is 411 g/mol. The molecule has 2 aliphatic rings. The molecule has 6 nitrogen and oxygen atoms in total. The fourth-order valence-electron chi connectivity index (χ4n) is 4.42. The van der Waals surface area contributed by atoms with E-state index in [2.05, 4.69) is 33.3 Å². The van der Waals surface area contributed by atoms with Crippen LogP contribution in [-0.2, 0) is 0 Å². The molecule has 2 saturated carbocycles. The minimum absolute atomic E-state index is 0.140. The summed E-state index contributed by atoms with van der Waals surface area (Å²) >= 11 is 0. The molecule has 2 aliphatic carbocycles. The Morgan fingerprint density at radius 1 is 1.00 bits per heavy atom. The second-order valence-corrected chi connectivity index (χ2v) is 8.93. The van der Waals surface area contributed by atoms with Gasteiger partial charge in [-0.1, -0.05) is 13.0 Å². The van der Waals surface area contributed by atoms with Gasteiger partial charge in [-0.05, 0) is 62.1 Å². The van der Waals surface area contributed by atoms with Gasteiger partial charge in [-0.3, -0.25) is 9.78 Å². The number of aromatic nitrogens is 3. The Kier molecular flexibility index (Phi) is 5.11. The van der Waals surface area contributed by atoms with Gasteiger partial charge in [0.1, 0.15) is 6.07 Å². The van der Waals surface area contributed by atoms with Gasteiger partial charge < -0.3 is 5.32 Å². The van der Waals surface area contributed by atoms with Crippen LogP contribution in [0, 0.1) is 23.2 Å². The van der Waals surface area contributed by atoms with E-state index in [1.807, 2.05) is 18.2 Å². The zero-order chi connectivity index (χ0) is 21.4. The van der Waals surface area contributed by atoms with Crippen molar-refractivity contribution in [2.75, 3.05) is 5.32 Å². The Bertz CT molecular complexity index is 1170. The first-order valence-corrected chi connectivity index (χ1v) is 11.1. The van der Waals surface area contributed by atoms with Crippen LogP contribution in [0.1, 0.15) is 61.6 Å². The Balaban J connectivity index is 1.58. The molecule has 2 fully saturated rings. The quantitative estimate of drug-likeness (QED) is 0.584. The summed E-state index contributed by atoms with van der Waals surface area (Å²) in [5.41, 5.74) is 4.25. The third-order valence-electron chi connectivity index (χ3n) is 6.53. The van der Waals surface area contributed by atoms with E-state index < -0.39 is 0 Å². The van der Waals surface area contributed by atoms with Crippen molar-refractivity contribution in [1.29, 1.82) is 5.26 Å². The fraction of sp³-hybridized carbons (Fsp3) is 0.400. The maximum Gasteiger partial charge on any atom is 0.232 e. The van der Waals surface area contributed by atoms with Gasteiger partial charge in [-0.25, -0.2) is 9.97 Å². The number of carbonyl (C=O) groups is 1. The summed E-state index contributed by atoms with van der Waals surface area (Å²) in [6.07, 6.45) is 11.7. The van der Waals surface area contributed by atoms with Crippen molar-refractivity contribution >= 4 is 22.4 Å². The molecule has 156 valence electrons. The highest BCUT2D eigenvalue weighted by Crippen LogP contribution is 2.38. The maximum absolute atomic E-state index is 13.1. The van der Waals surface area contributed by atoms with E-state index in [0.29, 0.717) is 11.6 Å². The van der Waals surface area contributed by atoms with Crippen molar-refractivity contribution < 1.29 is 4.79 Å². The number of benzene rings is 1. The minimum Gasteiger partial charge on any atom is -0.381 e. The predicted octanol–water partition coefficient (Wildman–Crippen LogP) is 5.15. The van der Waals surface area contributed by atoms with Gasteiger partial charge in [0, 0.05) is 41.5 Å². The highest BCUT2D eigenvalue weighted by Gasteiger charge is 2.33. The molecule has 2 aromatic heterocycles. The van der Waals surface area contributed by atoms with Crippen LogP contribution in [0.4, 0.5) is 5.69 Å². The number of carbonyl (C=O) groups excluding carboxylic acids is 1. The van der Waals surface area contributed by atoms with Crippen molar-refractivity contribution in [2.45, 2.75) is 51.5 Å². The largest absolute Gasteiger partial charge is 0.381 e. The lowest BCUT2D eigenvalue weighted by atomic mass is 9.87. The third-order valence-corrected chi connectivity index (χ3v) is 6.53. The topological polar surface area (TPSA) is 91.6 Å². The van der Waals surface area contributed by atoms with Crippen LogP contribution in [0.5, 0.6) is 0 Å². The average Bonchev–Trinajstić information content (AvgIpc) is 3.66. The van der Waals surface area contributed by atoms with Gasteiger partial charge >= 0.3 is 0 Å². The van der Waals surface area contributed by atoms with E-state index in [4.69, 9.17) is 5.26 Å². The molecule has 1 aromatic carbocycles. The number of pyridine rings is 1. The number of Topliss-reactive ketones (excluding diaryl/α,β-unsaturated/α-hetero) is 1. The van der Waals surface area contributed by atoms with Crippen LogP contribution in [0.15, 0.2) is 36.8 Å². The Morgan fingerprint density at radius 2 is 1.74 bits per heavy atom. The van der Waals surface area contributed by atoms with E-state index in [1.165, 1.54) is 12.8 Å². The van der Waals surface area contributed by atoms with Gasteiger partial charge in [0.05, 0.1) is 16.8 Å². The van der Waals surface area contributed by atoms with Crippen LogP contribution >= 0.6 is 0 Å². The van der Waals surface area contributed by atoms with Crippen LogP contribution in [-0.4, -0.2) is 26.8 Å². The number of rotatable bonds is 5. The molecule has 0 amide bonds. The van der Waals surface area contributed by atoms with Crippen LogP contribution in [0.3, 0.4) is 0 Å². The van der Waals surface area contributed by atoms with Crippen LogP contribution in [0.25, 0.3) is 22.0 Å². The Hall–Kier alpha value is -3.33. The molecule has 6 heteroatoms. The molecule has 2 heterocycles. The molecular weight excluding hydrogens is 386 g/mol. The second kappa shape index (κ2) is 8.07. The van der Waals surface area contributed by atoms with Crippen molar-refractivity contribution in [3.8, 4) is 17.2 Å². The number of nitrogens with one attached hydrogen (secondary N) is 1. The Morgan fingerprint density at radius 3 is 2.42 bits per heavy atom. The zero-order valence-corrected chi connectivity index (χ0v) is 17.6. The molecular formula is C25H25N5O. The van der Waals surface area contributed by atoms with Gasteiger partial charge in [-0.2, -0.15) is 5.26 Å². The first kappa shape index (κ1) is 19.6. The van der Waals surface area contributed by atoms with Crippen molar-refractivity contribution in [2.24, 2.45) is 11.8 Å². The Labute approximate surface area is 181 Å². The van der Waals surface area contributed by atoms with E-state index in [1.54, 1.807) is 18.6 Å². The number of nitrogens with zero attached hydrogens (tertiary/aromatic N) is 4. The lowest BCUT2D eigenvalue weighted by Crippen LogP contribution is -2.26. The number of hydrogen-bond acceptors (Lipinski definition) is 6. The molecule has 1 N–H and O–H groups in total. The molecule has 0 unspecified atom stereocenters. The van der Waals surface area contributed by atoms with Crippen molar-refractivity contribution in [1.82, 2.24) is 15.0 Å². The molecule has 3 aromatic rings. The molecule has 0 bridgehead atoms. The maximum atomic E-state index is 13.1. The molecule has 31 heavy (non-hydrogen) atoms. The second-order valence-electron chi connectivity index (χ2n) is 8.93. The fourth-order valence-corrected chi connectivity index (χ4v) is 4.42. The first-order valence-electron chi connectivity index (χ1n) is 11.1. The molecule has 0 saturated heterocycles.